The van der Waals surface area contributed by atoms with Crippen LogP contribution in [0.2, 0.25) is 0 Å². The van der Waals surface area contributed by atoms with E-state index in [2.05, 4.69) is 10.2 Å². The quantitative estimate of drug-likeness (QED) is 0.840. The number of benzene rings is 1. The number of ether oxygens (including phenoxy) is 1. The number of nitrogens with zero attached hydrogens (tertiary/aromatic N) is 1. The van der Waals surface area contributed by atoms with Crippen molar-refractivity contribution in [2.75, 3.05) is 21.2 Å². The Morgan fingerprint density at radius 3 is 2.71 bits per heavy atom. The molecule has 0 unspecified atom stereocenters. The Morgan fingerprint density at radius 2 is 2.00 bits per heavy atom. The van der Waals surface area contributed by atoms with E-state index in [-0.39, 0.29) is 23.8 Å². The van der Waals surface area contributed by atoms with Crippen LogP contribution in [0, 0.1) is 17.8 Å². The summed E-state index contributed by atoms with van der Waals surface area (Å²) in [5.41, 5.74) is 1.76. The number of rotatable bonds is 5. The lowest BCUT2D eigenvalue weighted by Crippen LogP contribution is -2.47. The molecule has 4 atom stereocenters. The third-order valence-corrected chi connectivity index (χ3v) is 5.38. The highest BCUT2D eigenvalue weighted by atomic mass is 16.5. The molecular formula is C19H26N2O3. The molecule has 1 aromatic carbocycles. The minimum absolute atomic E-state index is 0.0953. The van der Waals surface area contributed by atoms with Crippen LogP contribution in [-0.2, 0) is 16.1 Å². The van der Waals surface area contributed by atoms with E-state index in [0.717, 1.165) is 31.4 Å². The van der Waals surface area contributed by atoms with E-state index < -0.39 is 0 Å². The molecule has 2 aliphatic carbocycles. The van der Waals surface area contributed by atoms with Crippen molar-refractivity contribution in [1.82, 2.24) is 10.2 Å². The maximum absolute atomic E-state index is 12.7. The Kier molecular flexibility index (Phi) is 4.90. The summed E-state index contributed by atoms with van der Waals surface area (Å²) >= 11 is 0. The highest BCUT2D eigenvalue weighted by molar-refractivity contribution is 5.95. The van der Waals surface area contributed by atoms with Gasteiger partial charge in [-0.15, -0.1) is 0 Å². The Labute approximate surface area is 143 Å². The monoisotopic (exact) mass is 330 g/mol. The van der Waals surface area contributed by atoms with Gasteiger partial charge in [0.15, 0.2) is 0 Å². The standard InChI is InChI=1S/C19H26N2O3/c1-21(2)11-12-5-4-6-15(9-12)18(22)20-17-14-8-7-13(10-14)16(17)19(23)24-3/h4-6,9,13-14,16-17H,7-8,10-11H2,1-3H3,(H,20,22)/t13-,14-,16-,17-/m0/s1. The number of hydrogen-bond acceptors (Lipinski definition) is 4. The Bertz CT molecular complexity index is 629. The molecular weight excluding hydrogens is 304 g/mol. The van der Waals surface area contributed by atoms with E-state index in [4.69, 9.17) is 4.74 Å². The Balaban J connectivity index is 1.73. The minimum atomic E-state index is -0.192. The highest BCUT2D eigenvalue weighted by Gasteiger charge is 2.52. The number of fused-ring (bicyclic) bond motifs is 2. The summed E-state index contributed by atoms with van der Waals surface area (Å²) in [5, 5.41) is 3.12. The summed E-state index contributed by atoms with van der Waals surface area (Å²) in [5.74, 6) is 0.277. The zero-order valence-corrected chi connectivity index (χ0v) is 14.6. The Hall–Kier alpha value is -1.88. The molecule has 0 aliphatic heterocycles. The number of carbonyl (C=O) groups is 2. The van der Waals surface area contributed by atoms with Crippen molar-refractivity contribution in [1.29, 1.82) is 0 Å². The van der Waals surface area contributed by atoms with Crippen LogP contribution in [-0.4, -0.2) is 44.0 Å². The highest BCUT2D eigenvalue weighted by Crippen LogP contribution is 2.49. The second-order valence-corrected chi connectivity index (χ2v) is 7.32. The predicted molar refractivity (Wildman–Crippen MR) is 91.4 cm³/mol. The lowest BCUT2D eigenvalue weighted by Gasteiger charge is -2.29. The van der Waals surface area contributed by atoms with E-state index in [9.17, 15) is 9.59 Å². The molecule has 2 aliphatic rings. The molecule has 5 heteroatoms. The molecule has 130 valence electrons. The number of amides is 1. The molecule has 24 heavy (non-hydrogen) atoms. The van der Waals surface area contributed by atoms with Gasteiger partial charge < -0.3 is 15.0 Å². The normalized spacial score (nSPS) is 28.2. The van der Waals surface area contributed by atoms with Crippen LogP contribution in [0.5, 0.6) is 0 Å². The van der Waals surface area contributed by atoms with Gasteiger partial charge >= 0.3 is 5.97 Å². The summed E-state index contributed by atoms with van der Waals surface area (Å²) in [6.07, 6.45) is 3.17. The SMILES string of the molecule is COC(=O)[C@H]1[C@H]2CC[C@@H](C2)[C@@H]1NC(=O)c1cccc(CN(C)C)c1. The van der Waals surface area contributed by atoms with Crippen molar-refractivity contribution in [3.8, 4) is 0 Å². The third-order valence-electron chi connectivity index (χ3n) is 5.38. The first-order valence-electron chi connectivity index (χ1n) is 8.62. The summed E-state index contributed by atoms with van der Waals surface area (Å²) in [6, 6.07) is 7.59. The fourth-order valence-corrected chi connectivity index (χ4v) is 4.39. The molecule has 2 bridgehead atoms. The predicted octanol–water partition coefficient (Wildman–Crippen LogP) is 2.07. The smallest absolute Gasteiger partial charge is 0.311 e. The molecule has 1 N–H and O–H groups in total. The van der Waals surface area contributed by atoms with Crippen LogP contribution >= 0.6 is 0 Å². The van der Waals surface area contributed by atoms with Gasteiger partial charge in [0.1, 0.15) is 0 Å². The van der Waals surface area contributed by atoms with Crippen molar-refractivity contribution >= 4 is 11.9 Å². The van der Waals surface area contributed by atoms with Gasteiger partial charge in [-0.1, -0.05) is 12.1 Å². The number of carbonyl (C=O) groups excluding carboxylic acids is 2. The van der Waals surface area contributed by atoms with Crippen LogP contribution < -0.4 is 5.32 Å². The molecule has 1 aromatic rings. The lowest BCUT2D eigenvalue weighted by molar-refractivity contribution is -0.148. The summed E-state index contributed by atoms with van der Waals surface area (Å²) < 4.78 is 4.97. The molecule has 1 amide bonds. The van der Waals surface area contributed by atoms with E-state index in [1.165, 1.54) is 7.11 Å². The molecule has 2 saturated carbocycles. The van der Waals surface area contributed by atoms with Gasteiger partial charge in [0.05, 0.1) is 13.0 Å². The van der Waals surface area contributed by atoms with Crippen molar-refractivity contribution in [2.45, 2.75) is 31.8 Å². The molecule has 0 aromatic heterocycles. The van der Waals surface area contributed by atoms with Gasteiger partial charge in [0, 0.05) is 18.2 Å². The first kappa shape index (κ1) is 17.0. The van der Waals surface area contributed by atoms with Gasteiger partial charge in [-0.3, -0.25) is 9.59 Å². The lowest BCUT2D eigenvalue weighted by atomic mass is 9.84. The molecule has 2 fully saturated rings. The number of esters is 1. The molecule has 0 spiro atoms. The van der Waals surface area contributed by atoms with Gasteiger partial charge in [-0.2, -0.15) is 0 Å². The second kappa shape index (κ2) is 6.93. The van der Waals surface area contributed by atoms with Crippen LogP contribution in [0.4, 0.5) is 0 Å². The molecule has 0 radical (unpaired) electrons. The third kappa shape index (κ3) is 3.31. The largest absolute Gasteiger partial charge is 0.469 e. The average Bonchev–Trinajstić information content (AvgIpc) is 3.15. The maximum atomic E-state index is 12.7. The van der Waals surface area contributed by atoms with Crippen molar-refractivity contribution < 1.29 is 14.3 Å². The Morgan fingerprint density at radius 1 is 1.25 bits per heavy atom. The van der Waals surface area contributed by atoms with E-state index in [0.29, 0.717) is 17.4 Å². The number of hydrogen-bond donors (Lipinski definition) is 1. The summed E-state index contributed by atoms with van der Waals surface area (Å²) in [6.45, 7) is 0.792. The molecule has 5 nitrogen and oxygen atoms in total. The fraction of sp³-hybridized carbons (Fsp3) is 0.579. The van der Waals surface area contributed by atoms with Gasteiger partial charge in [0.25, 0.3) is 5.91 Å². The number of nitrogens with one attached hydrogen (secondary N) is 1. The van der Waals surface area contributed by atoms with Crippen LogP contribution in [0.1, 0.15) is 35.2 Å². The van der Waals surface area contributed by atoms with Crippen molar-refractivity contribution in [2.24, 2.45) is 17.8 Å². The second-order valence-electron chi connectivity index (χ2n) is 7.32. The zero-order valence-electron chi connectivity index (χ0n) is 14.6. The first-order valence-corrected chi connectivity index (χ1v) is 8.62. The average molecular weight is 330 g/mol. The zero-order chi connectivity index (χ0) is 17.3. The first-order chi connectivity index (χ1) is 11.5. The minimum Gasteiger partial charge on any atom is -0.469 e. The van der Waals surface area contributed by atoms with E-state index >= 15 is 0 Å². The van der Waals surface area contributed by atoms with Gasteiger partial charge in [0.2, 0.25) is 0 Å². The summed E-state index contributed by atoms with van der Waals surface area (Å²) in [7, 11) is 5.43. The summed E-state index contributed by atoms with van der Waals surface area (Å²) in [4.78, 5) is 26.9. The van der Waals surface area contributed by atoms with E-state index in [1.54, 1.807) is 0 Å². The number of methoxy groups -OCH3 is 1. The molecule has 0 saturated heterocycles. The van der Waals surface area contributed by atoms with E-state index in [1.807, 2.05) is 38.4 Å². The topological polar surface area (TPSA) is 58.6 Å². The molecule has 3 rings (SSSR count). The maximum Gasteiger partial charge on any atom is 0.311 e. The van der Waals surface area contributed by atoms with Gasteiger partial charge in [-0.25, -0.2) is 0 Å². The van der Waals surface area contributed by atoms with Crippen LogP contribution in [0.3, 0.4) is 0 Å². The van der Waals surface area contributed by atoms with Gasteiger partial charge in [-0.05, 0) is 62.9 Å². The molecule has 0 heterocycles. The van der Waals surface area contributed by atoms with Crippen LogP contribution in [0.25, 0.3) is 0 Å². The van der Waals surface area contributed by atoms with Crippen molar-refractivity contribution in [3.05, 3.63) is 35.4 Å². The van der Waals surface area contributed by atoms with Crippen molar-refractivity contribution in [3.63, 3.8) is 0 Å². The van der Waals surface area contributed by atoms with Crippen LogP contribution in [0.15, 0.2) is 24.3 Å². The fourth-order valence-electron chi connectivity index (χ4n) is 4.39.